The van der Waals surface area contributed by atoms with E-state index in [1.165, 1.54) is 32.6 Å². The standard InChI is InChI=1S/C19H26N2O3/c1-3-21-12-4-5-16(14-21)13-20-18(22)11-8-15-6-9-17(10-7-15)19(23)24-2/h6-11,16H,3-5,12-14H2,1-2H3,(H,20,22)/b11-8+/t16-/m1/s1. The van der Waals surface area contributed by atoms with E-state index in [9.17, 15) is 9.59 Å². The molecule has 0 radical (unpaired) electrons. The van der Waals surface area contributed by atoms with Crippen molar-refractivity contribution in [3.05, 3.63) is 41.5 Å². The Hall–Kier alpha value is -2.14. The van der Waals surface area contributed by atoms with Gasteiger partial charge in [-0.1, -0.05) is 19.1 Å². The van der Waals surface area contributed by atoms with Crippen molar-refractivity contribution in [2.75, 3.05) is 33.3 Å². The molecule has 0 spiro atoms. The van der Waals surface area contributed by atoms with Crippen LogP contribution in [0.2, 0.25) is 0 Å². The van der Waals surface area contributed by atoms with Crippen LogP contribution in [0, 0.1) is 5.92 Å². The van der Waals surface area contributed by atoms with Gasteiger partial charge in [0, 0.05) is 19.2 Å². The number of methoxy groups -OCH3 is 1. The number of nitrogens with one attached hydrogen (secondary N) is 1. The van der Waals surface area contributed by atoms with E-state index in [1.54, 1.807) is 30.3 Å². The van der Waals surface area contributed by atoms with Gasteiger partial charge in [-0.15, -0.1) is 0 Å². The lowest BCUT2D eigenvalue weighted by Gasteiger charge is -2.31. The van der Waals surface area contributed by atoms with Crippen molar-refractivity contribution in [1.82, 2.24) is 10.2 Å². The van der Waals surface area contributed by atoms with Crippen LogP contribution in [0.5, 0.6) is 0 Å². The summed E-state index contributed by atoms with van der Waals surface area (Å²) in [6.45, 7) is 6.21. The highest BCUT2D eigenvalue weighted by Crippen LogP contribution is 2.15. The third-order valence-corrected chi connectivity index (χ3v) is 4.37. The van der Waals surface area contributed by atoms with E-state index in [1.807, 2.05) is 0 Å². The highest BCUT2D eigenvalue weighted by Gasteiger charge is 2.18. The molecule has 5 heteroatoms. The Bertz CT molecular complexity index is 581. The molecule has 1 fully saturated rings. The van der Waals surface area contributed by atoms with Crippen LogP contribution < -0.4 is 5.32 Å². The molecule has 0 aromatic heterocycles. The summed E-state index contributed by atoms with van der Waals surface area (Å²) in [5, 5.41) is 2.98. The first-order valence-electron chi connectivity index (χ1n) is 8.49. The van der Waals surface area contributed by atoms with E-state index in [-0.39, 0.29) is 11.9 Å². The monoisotopic (exact) mass is 330 g/mol. The average Bonchev–Trinajstić information content (AvgIpc) is 2.64. The third-order valence-electron chi connectivity index (χ3n) is 4.37. The molecule has 1 N–H and O–H groups in total. The SMILES string of the molecule is CCN1CCC[C@H](CNC(=O)/C=C/c2ccc(C(=O)OC)cc2)C1. The predicted molar refractivity (Wildman–Crippen MR) is 94.7 cm³/mol. The smallest absolute Gasteiger partial charge is 0.337 e. The largest absolute Gasteiger partial charge is 0.465 e. The molecular weight excluding hydrogens is 304 g/mol. The van der Waals surface area contributed by atoms with Crippen molar-refractivity contribution in [1.29, 1.82) is 0 Å². The van der Waals surface area contributed by atoms with E-state index in [4.69, 9.17) is 0 Å². The number of hydrogen-bond acceptors (Lipinski definition) is 4. The average molecular weight is 330 g/mol. The molecule has 1 saturated heterocycles. The number of nitrogens with zero attached hydrogens (tertiary/aromatic N) is 1. The Kier molecular flexibility index (Phi) is 7.00. The Morgan fingerprint density at radius 2 is 2.08 bits per heavy atom. The Morgan fingerprint density at radius 3 is 2.75 bits per heavy atom. The summed E-state index contributed by atoms with van der Waals surface area (Å²) < 4.78 is 4.65. The molecule has 24 heavy (non-hydrogen) atoms. The van der Waals surface area contributed by atoms with Crippen LogP contribution in [0.1, 0.15) is 35.7 Å². The maximum atomic E-state index is 11.9. The second-order valence-electron chi connectivity index (χ2n) is 6.09. The van der Waals surface area contributed by atoms with E-state index < -0.39 is 0 Å². The molecule has 1 aromatic rings. The van der Waals surface area contributed by atoms with Crippen molar-refractivity contribution < 1.29 is 14.3 Å². The van der Waals surface area contributed by atoms with Gasteiger partial charge in [0.1, 0.15) is 0 Å². The number of rotatable bonds is 6. The van der Waals surface area contributed by atoms with E-state index >= 15 is 0 Å². The molecule has 5 nitrogen and oxygen atoms in total. The number of ether oxygens (including phenoxy) is 1. The number of esters is 1. The third kappa shape index (κ3) is 5.49. The fraction of sp³-hybridized carbons (Fsp3) is 0.474. The van der Waals surface area contributed by atoms with Gasteiger partial charge in [0.25, 0.3) is 0 Å². The molecule has 1 atom stereocenters. The fourth-order valence-electron chi connectivity index (χ4n) is 2.93. The Morgan fingerprint density at radius 1 is 1.33 bits per heavy atom. The van der Waals surface area contributed by atoms with Crippen LogP contribution in [-0.4, -0.2) is 50.1 Å². The molecular formula is C19H26N2O3. The number of hydrogen-bond donors (Lipinski definition) is 1. The lowest BCUT2D eigenvalue weighted by Crippen LogP contribution is -2.40. The minimum absolute atomic E-state index is 0.0827. The van der Waals surface area contributed by atoms with Crippen molar-refractivity contribution in [2.24, 2.45) is 5.92 Å². The zero-order valence-corrected chi connectivity index (χ0v) is 14.5. The molecule has 1 aromatic carbocycles. The van der Waals surface area contributed by atoms with Gasteiger partial charge in [-0.3, -0.25) is 4.79 Å². The highest BCUT2D eigenvalue weighted by atomic mass is 16.5. The number of benzene rings is 1. The van der Waals surface area contributed by atoms with Gasteiger partial charge in [0.2, 0.25) is 5.91 Å². The number of carbonyl (C=O) groups is 2. The lowest BCUT2D eigenvalue weighted by molar-refractivity contribution is -0.116. The number of amides is 1. The quantitative estimate of drug-likeness (QED) is 0.642. The van der Waals surface area contributed by atoms with Crippen molar-refractivity contribution in [2.45, 2.75) is 19.8 Å². The summed E-state index contributed by atoms with van der Waals surface area (Å²) >= 11 is 0. The second-order valence-corrected chi connectivity index (χ2v) is 6.09. The maximum Gasteiger partial charge on any atom is 0.337 e. The fourth-order valence-corrected chi connectivity index (χ4v) is 2.93. The maximum absolute atomic E-state index is 11.9. The van der Waals surface area contributed by atoms with Gasteiger partial charge in [-0.25, -0.2) is 4.79 Å². The van der Waals surface area contributed by atoms with Crippen LogP contribution in [0.25, 0.3) is 6.08 Å². The molecule has 1 heterocycles. The van der Waals surface area contributed by atoms with Gasteiger partial charge in [-0.05, 0) is 55.6 Å². The van der Waals surface area contributed by atoms with E-state index in [0.717, 1.165) is 25.2 Å². The van der Waals surface area contributed by atoms with Crippen molar-refractivity contribution in [3.8, 4) is 0 Å². The minimum atomic E-state index is -0.364. The second kappa shape index (κ2) is 9.23. The van der Waals surface area contributed by atoms with E-state index in [0.29, 0.717) is 11.5 Å². The molecule has 2 rings (SSSR count). The predicted octanol–water partition coefficient (Wildman–Crippen LogP) is 2.33. The number of piperidine rings is 1. The molecule has 1 amide bonds. The first-order valence-corrected chi connectivity index (χ1v) is 8.49. The number of likely N-dealkylation sites (tertiary alicyclic amines) is 1. The summed E-state index contributed by atoms with van der Waals surface area (Å²) in [5.74, 6) is 0.0907. The van der Waals surface area contributed by atoms with Crippen LogP contribution in [0.4, 0.5) is 0 Å². The summed E-state index contributed by atoms with van der Waals surface area (Å²) in [5.41, 5.74) is 1.37. The van der Waals surface area contributed by atoms with Crippen molar-refractivity contribution >= 4 is 18.0 Å². The molecule has 130 valence electrons. The van der Waals surface area contributed by atoms with Crippen LogP contribution in [-0.2, 0) is 9.53 Å². The summed E-state index contributed by atoms with van der Waals surface area (Å²) in [7, 11) is 1.35. The Balaban J connectivity index is 1.79. The summed E-state index contributed by atoms with van der Waals surface area (Å²) in [4.78, 5) is 25.7. The van der Waals surface area contributed by atoms with Crippen LogP contribution in [0.15, 0.2) is 30.3 Å². The topological polar surface area (TPSA) is 58.6 Å². The van der Waals surface area contributed by atoms with Gasteiger partial charge in [0.05, 0.1) is 12.7 Å². The highest BCUT2D eigenvalue weighted by molar-refractivity contribution is 5.92. The molecule has 0 aliphatic carbocycles. The first-order chi connectivity index (χ1) is 11.6. The van der Waals surface area contributed by atoms with E-state index in [2.05, 4.69) is 21.9 Å². The van der Waals surface area contributed by atoms with Gasteiger partial charge >= 0.3 is 5.97 Å². The molecule has 0 unspecified atom stereocenters. The first kappa shape index (κ1) is 18.2. The lowest BCUT2D eigenvalue weighted by atomic mass is 9.98. The molecule has 0 saturated carbocycles. The molecule has 1 aliphatic heterocycles. The van der Waals surface area contributed by atoms with Crippen molar-refractivity contribution in [3.63, 3.8) is 0 Å². The minimum Gasteiger partial charge on any atom is -0.465 e. The summed E-state index contributed by atoms with van der Waals surface area (Å²) in [6.07, 6.45) is 5.66. The molecule has 1 aliphatic rings. The molecule has 0 bridgehead atoms. The zero-order chi connectivity index (χ0) is 17.4. The Labute approximate surface area is 143 Å². The zero-order valence-electron chi connectivity index (χ0n) is 14.5. The van der Waals surface area contributed by atoms with Gasteiger partial charge < -0.3 is 15.0 Å². The van der Waals surface area contributed by atoms with Crippen LogP contribution >= 0.6 is 0 Å². The number of carbonyl (C=O) groups excluding carboxylic acids is 2. The van der Waals surface area contributed by atoms with Crippen LogP contribution in [0.3, 0.4) is 0 Å². The van der Waals surface area contributed by atoms with Gasteiger partial charge in [0.15, 0.2) is 0 Å². The van der Waals surface area contributed by atoms with Gasteiger partial charge in [-0.2, -0.15) is 0 Å². The summed E-state index contributed by atoms with van der Waals surface area (Å²) in [6, 6.07) is 6.95. The normalized spacial score (nSPS) is 18.5.